The van der Waals surface area contributed by atoms with E-state index >= 15 is 0 Å². The third-order valence-electron chi connectivity index (χ3n) is 9.75. The molecular weight excluding hydrogens is 719 g/mol. The Morgan fingerprint density at radius 1 is 0.673 bits per heavy atom. The maximum atomic E-state index is 8.36. The van der Waals surface area contributed by atoms with Gasteiger partial charge in [0.2, 0.25) is 0 Å². The van der Waals surface area contributed by atoms with Crippen molar-refractivity contribution in [2.45, 2.75) is 72.1 Å². The Labute approximate surface area is 323 Å². The van der Waals surface area contributed by atoms with E-state index in [4.69, 9.17) is 58.9 Å². The van der Waals surface area contributed by atoms with Gasteiger partial charge in [0, 0.05) is 34.8 Å². The molecule has 0 atom stereocenters. The van der Waals surface area contributed by atoms with Crippen LogP contribution in [-0.4, -0.2) is 60.7 Å². The highest BCUT2D eigenvalue weighted by Crippen LogP contribution is 2.37. The normalized spacial score (nSPS) is 14.8. The minimum Gasteiger partial charge on any atom is -0.493 e. The van der Waals surface area contributed by atoms with E-state index in [2.05, 4.69) is 60.0 Å². The quantitative estimate of drug-likeness (QED) is 0.101. The molecule has 2 aliphatic heterocycles. The van der Waals surface area contributed by atoms with Crippen LogP contribution >= 0.6 is 34.8 Å². The maximum Gasteiger partial charge on any atom is 0.290 e. The minimum absolute atomic E-state index is 0.250. The summed E-state index contributed by atoms with van der Waals surface area (Å²) in [5.41, 5.74) is 7.71. The number of halogens is 3. The van der Waals surface area contributed by atoms with Crippen LogP contribution in [0, 0.1) is 13.8 Å². The monoisotopic (exact) mass is 766 g/mol. The van der Waals surface area contributed by atoms with E-state index in [-0.39, 0.29) is 6.47 Å². The van der Waals surface area contributed by atoms with Gasteiger partial charge in [0.15, 0.2) is 0 Å². The van der Waals surface area contributed by atoms with Crippen molar-refractivity contribution < 1.29 is 24.1 Å². The van der Waals surface area contributed by atoms with Gasteiger partial charge in [-0.05, 0) is 136 Å². The smallest absolute Gasteiger partial charge is 0.290 e. The SMILES string of the molecule is Cc1c(COc2cc(OCc3cc(Cl)cc(Cl)c3)c(CN3CCCCC3)cc2Cl)cccc1-c1cccc(OCCCN2CCCC2)c1C.O=CO. The number of piperidine rings is 1. The van der Waals surface area contributed by atoms with Crippen LogP contribution in [0.4, 0.5) is 0 Å². The molecule has 0 saturated carbocycles. The van der Waals surface area contributed by atoms with Gasteiger partial charge in [0.05, 0.1) is 11.6 Å². The summed E-state index contributed by atoms with van der Waals surface area (Å²) in [7, 11) is 0. The van der Waals surface area contributed by atoms with Gasteiger partial charge in [-0.2, -0.15) is 0 Å². The molecule has 2 heterocycles. The van der Waals surface area contributed by atoms with Crippen LogP contribution in [0.25, 0.3) is 11.1 Å². The summed E-state index contributed by atoms with van der Waals surface area (Å²) < 4.78 is 19.1. The first-order valence-corrected chi connectivity index (χ1v) is 19.3. The highest BCUT2D eigenvalue weighted by molar-refractivity contribution is 6.34. The van der Waals surface area contributed by atoms with Gasteiger partial charge in [-0.3, -0.25) is 9.69 Å². The number of hydrogen-bond donors (Lipinski definition) is 1. The fourth-order valence-corrected chi connectivity index (χ4v) is 7.80. The van der Waals surface area contributed by atoms with Crippen molar-refractivity contribution in [2.75, 3.05) is 39.3 Å². The Bertz CT molecular complexity index is 1750. The van der Waals surface area contributed by atoms with Crippen LogP contribution < -0.4 is 14.2 Å². The van der Waals surface area contributed by atoms with Crippen molar-refractivity contribution >= 4 is 41.3 Å². The van der Waals surface area contributed by atoms with E-state index in [1.54, 1.807) is 6.07 Å². The Morgan fingerprint density at radius 2 is 1.29 bits per heavy atom. The van der Waals surface area contributed by atoms with Crippen LogP contribution in [0.3, 0.4) is 0 Å². The molecule has 4 aromatic rings. The average molecular weight is 768 g/mol. The number of rotatable bonds is 14. The molecule has 0 aliphatic carbocycles. The summed E-state index contributed by atoms with van der Waals surface area (Å²) in [5.74, 6) is 2.29. The average Bonchev–Trinajstić information content (AvgIpc) is 3.65. The third kappa shape index (κ3) is 11.3. The summed E-state index contributed by atoms with van der Waals surface area (Å²) in [5, 5.41) is 8.63. The fraction of sp³-hybridized carbons (Fsp3) is 0.405. The molecule has 4 aromatic carbocycles. The molecule has 1 N–H and O–H groups in total. The topological polar surface area (TPSA) is 71.5 Å². The predicted octanol–water partition coefficient (Wildman–Crippen LogP) is 10.6. The standard InChI is InChI=1S/C41H47Cl3N2O3.CH2O2/c1-29-32(11-8-12-36(29)37-13-9-14-39(30(37)2)47-20-10-19-45-15-6-7-16-45)28-49-41-25-40(48-27-31-21-34(42)24-35(43)22-31)33(23-38(41)44)26-46-17-4-3-5-18-46;2-1-3/h8-9,11-14,21-25H,3-7,10,15-20,26-28H2,1-2H3;1H,(H,2,3). The number of carbonyl (C=O) groups is 1. The van der Waals surface area contributed by atoms with Crippen LogP contribution in [0.1, 0.15) is 66.3 Å². The second kappa shape index (κ2) is 20.1. The summed E-state index contributed by atoms with van der Waals surface area (Å²) in [4.78, 5) is 13.4. The van der Waals surface area contributed by atoms with Crippen molar-refractivity contribution in [1.82, 2.24) is 9.80 Å². The zero-order valence-electron chi connectivity index (χ0n) is 30.1. The second-order valence-corrected chi connectivity index (χ2v) is 14.7. The Hall–Kier alpha value is -3.46. The number of carboxylic acid groups (broad SMARTS) is 1. The lowest BCUT2D eigenvalue weighted by atomic mass is 9.93. The molecule has 0 bridgehead atoms. The lowest BCUT2D eigenvalue weighted by Gasteiger charge is -2.27. The van der Waals surface area contributed by atoms with Crippen LogP contribution in [0.15, 0.2) is 66.7 Å². The molecule has 0 aromatic heterocycles. The largest absolute Gasteiger partial charge is 0.493 e. The second-order valence-electron chi connectivity index (χ2n) is 13.5. The number of benzene rings is 4. The molecular formula is C42H49Cl3N2O5. The number of nitrogens with zero attached hydrogens (tertiary/aromatic N) is 2. The number of ether oxygens (including phenoxy) is 3. The molecule has 7 nitrogen and oxygen atoms in total. The zero-order chi connectivity index (χ0) is 36.9. The minimum atomic E-state index is -0.250. The fourth-order valence-electron chi connectivity index (χ4n) is 6.98. The van der Waals surface area contributed by atoms with Gasteiger partial charge >= 0.3 is 0 Å². The highest BCUT2D eigenvalue weighted by Gasteiger charge is 2.18. The zero-order valence-corrected chi connectivity index (χ0v) is 32.4. The lowest BCUT2D eigenvalue weighted by Crippen LogP contribution is -2.29. The van der Waals surface area contributed by atoms with Crippen LogP contribution in [-0.2, 0) is 24.6 Å². The van der Waals surface area contributed by atoms with Crippen molar-refractivity contribution in [3.63, 3.8) is 0 Å². The van der Waals surface area contributed by atoms with Crippen molar-refractivity contribution in [3.8, 4) is 28.4 Å². The first-order valence-electron chi connectivity index (χ1n) is 18.1. The van der Waals surface area contributed by atoms with E-state index in [0.717, 1.165) is 73.0 Å². The molecule has 0 amide bonds. The van der Waals surface area contributed by atoms with E-state index in [0.29, 0.717) is 34.0 Å². The molecule has 2 fully saturated rings. The molecule has 0 unspecified atom stereocenters. The summed E-state index contributed by atoms with van der Waals surface area (Å²) in [6.07, 6.45) is 7.38. The Kier molecular flexibility index (Phi) is 15.4. The molecule has 52 heavy (non-hydrogen) atoms. The molecule has 2 saturated heterocycles. The van der Waals surface area contributed by atoms with Gasteiger partial charge in [0.1, 0.15) is 30.5 Å². The first-order chi connectivity index (χ1) is 25.2. The van der Waals surface area contributed by atoms with Gasteiger partial charge in [-0.15, -0.1) is 0 Å². The number of likely N-dealkylation sites (tertiary alicyclic amines) is 2. The van der Waals surface area contributed by atoms with Gasteiger partial charge < -0.3 is 24.2 Å². The predicted molar refractivity (Wildman–Crippen MR) is 212 cm³/mol. The molecule has 278 valence electrons. The molecule has 6 rings (SSSR count). The van der Waals surface area contributed by atoms with E-state index in [1.165, 1.54) is 61.9 Å². The van der Waals surface area contributed by atoms with Crippen LogP contribution in [0.5, 0.6) is 17.2 Å². The van der Waals surface area contributed by atoms with E-state index < -0.39 is 0 Å². The number of hydrogen-bond acceptors (Lipinski definition) is 6. The highest BCUT2D eigenvalue weighted by atomic mass is 35.5. The van der Waals surface area contributed by atoms with E-state index in [1.807, 2.05) is 24.3 Å². The Morgan fingerprint density at radius 3 is 2.00 bits per heavy atom. The van der Waals surface area contributed by atoms with Gasteiger partial charge in [-0.25, -0.2) is 0 Å². The molecule has 0 spiro atoms. The van der Waals surface area contributed by atoms with Crippen molar-refractivity contribution in [3.05, 3.63) is 110 Å². The first kappa shape index (κ1) is 39.7. The third-order valence-corrected chi connectivity index (χ3v) is 10.5. The van der Waals surface area contributed by atoms with Gasteiger partial charge in [-0.1, -0.05) is 71.6 Å². The summed E-state index contributed by atoms with van der Waals surface area (Å²) in [6.45, 7) is 12.0. The lowest BCUT2D eigenvalue weighted by molar-refractivity contribution is -0.122. The van der Waals surface area contributed by atoms with E-state index in [9.17, 15) is 0 Å². The summed E-state index contributed by atoms with van der Waals surface area (Å²) >= 11 is 19.4. The van der Waals surface area contributed by atoms with Crippen LogP contribution in [0.2, 0.25) is 15.1 Å². The maximum absolute atomic E-state index is 8.36. The summed E-state index contributed by atoms with van der Waals surface area (Å²) in [6, 6.07) is 22.1. The van der Waals surface area contributed by atoms with Gasteiger partial charge in [0.25, 0.3) is 6.47 Å². The molecule has 10 heteroatoms. The molecule has 2 aliphatic rings. The van der Waals surface area contributed by atoms with Crippen molar-refractivity contribution in [2.24, 2.45) is 0 Å². The molecule has 0 radical (unpaired) electrons. The van der Waals surface area contributed by atoms with Crippen molar-refractivity contribution in [1.29, 1.82) is 0 Å². The Balaban J connectivity index is 0.00000168.